The normalized spacial score (nSPS) is 12.1. The van der Waals surface area contributed by atoms with Crippen LogP contribution in [-0.2, 0) is 17.8 Å². The highest BCUT2D eigenvalue weighted by Gasteiger charge is 2.14. The fourth-order valence-corrected chi connectivity index (χ4v) is 2.39. The van der Waals surface area contributed by atoms with Gasteiger partial charge in [0, 0.05) is 11.1 Å². The van der Waals surface area contributed by atoms with Crippen molar-refractivity contribution in [2.45, 2.75) is 18.2 Å². The molecule has 0 spiro atoms. The second-order valence-corrected chi connectivity index (χ2v) is 5.49. The Balaban J connectivity index is 1.82. The van der Waals surface area contributed by atoms with Gasteiger partial charge in [0.15, 0.2) is 0 Å². The van der Waals surface area contributed by atoms with Gasteiger partial charge < -0.3 is 5.32 Å². The van der Waals surface area contributed by atoms with Crippen LogP contribution in [0.15, 0.2) is 42.0 Å². The molecule has 94 valence electrons. The second-order valence-electron chi connectivity index (χ2n) is 3.89. The van der Waals surface area contributed by atoms with E-state index in [9.17, 15) is 4.79 Å². The molecule has 1 heterocycles. The molecule has 0 fully saturated rings. The van der Waals surface area contributed by atoms with Crippen molar-refractivity contribution in [1.29, 1.82) is 0 Å². The maximum Gasteiger partial charge on any atom is 0.233 e. The zero-order valence-electron chi connectivity index (χ0n) is 9.74. The van der Waals surface area contributed by atoms with E-state index in [1.807, 2.05) is 30.3 Å². The fraction of sp³-hybridized carbons (Fsp3) is 0.231. The lowest BCUT2D eigenvalue weighted by atomic mass is 10.1. The number of amides is 1. The Labute approximate surface area is 116 Å². The van der Waals surface area contributed by atoms with Crippen LogP contribution >= 0.6 is 24.0 Å². The summed E-state index contributed by atoms with van der Waals surface area (Å²) in [6, 6.07) is 9.89. The highest BCUT2D eigenvalue weighted by molar-refractivity contribution is 7.81. The molecule has 0 radical (unpaired) electrons. The molecule has 1 unspecified atom stereocenters. The van der Waals surface area contributed by atoms with Gasteiger partial charge in [0.1, 0.15) is 0 Å². The van der Waals surface area contributed by atoms with E-state index in [2.05, 4.69) is 22.9 Å². The Morgan fingerprint density at radius 3 is 2.83 bits per heavy atom. The Morgan fingerprint density at radius 1 is 1.39 bits per heavy atom. The molecule has 0 saturated heterocycles. The molecule has 3 nitrogen and oxygen atoms in total. The van der Waals surface area contributed by atoms with Gasteiger partial charge >= 0.3 is 0 Å². The van der Waals surface area contributed by atoms with E-state index in [1.54, 1.807) is 11.7 Å². The van der Waals surface area contributed by atoms with Gasteiger partial charge in [-0.05, 0) is 12.0 Å². The first kappa shape index (κ1) is 13.1. The molecule has 0 aliphatic carbocycles. The Hall–Kier alpha value is -1.33. The highest BCUT2D eigenvalue weighted by Crippen LogP contribution is 2.09. The summed E-state index contributed by atoms with van der Waals surface area (Å²) in [5, 5.41) is 2.54. The van der Waals surface area contributed by atoms with Gasteiger partial charge in [0.2, 0.25) is 5.91 Å². The summed E-state index contributed by atoms with van der Waals surface area (Å²) in [6.45, 7) is 0.523. The summed E-state index contributed by atoms with van der Waals surface area (Å²) in [5.74, 6) is -0.0458. The molecule has 1 amide bonds. The topological polar surface area (TPSA) is 42.0 Å². The van der Waals surface area contributed by atoms with Crippen LogP contribution in [0.4, 0.5) is 0 Å². The zero-order valence-corrected chi connectivity index (χ0v) is 11.5. The highest BCUT2D eigenvalue weighted by atomic mass is 32.1. The maximum atomic E-state index is 11.8. The number of hydrogen-bond acceptors (Lipinski definition) is 4. The largest absolute Gasteiger partial charge is 0.350 e. The molecule has 18 heavy (non-hydrogen) atoms. The van der Waals surface area contributed by atoms with Gasteiger partial charge in [0.25, 0.3) is 0 Å². The average molecular weight is 278 g/mol. The number of carbonyl (C=O) groups is 1. The Kier molecular flexibility index (Phi) is 4.78. The molecule has 2 rings (SSSR count). The van der Waals surface area contributed by atoms with Gasteiger partial charge in [-0.3, -0.25) is 9.78 Å². The van der Waals surface area contributed by atoms with Crippen molar-refractivity contribution in [2.24, 2.45) is 0 Å². The third-order valence-corrected chi connectivity index (χ3v) is 3.69. The van der Waals surface area contributed by atoms with Crippen LogP contribution in [0.1, 0.15) is 10.4 Å². The summed E-state index contributed by atoms with van der Waals surface area (Å²) in [4.78, 5) is 16.8. The number of carbonyl (C=O) groups excluding carboxylic acids is 1. The van der Waals surface area contributed by atoms with Gasteiger partial charge in [-0.25, -0.2) is 0 Å². The number of nitrogens with zero attached hydrogens (tertiary/aromatic N) is 1. The summed E-state index contributed by atoms with van der Waals surface area (Å²) >= 11 is 5.87. The maximum absolute atomic E-state index is 11.8. The first-order chi connectivity index (χ1) is 8.75. The van der Waals surface area contributed by atoms with Crippen molar-refractivity contribution in [3.8, 4) is 0 Å². The van der Waals surface area contributed by atoms with E-state index in [0.29, 0.717) is 13.0 Å². The molecular weight excluding hydrogens is 264 g/mol. The Morgan fingerprint density at radius 2 is 2.17 bits per heavy atom. The SMILES string of the molecule is O=C(NCc1cncs1)C(S)Cc1ccccc1. The lowest BCUT2D eigenvalue weighted by molar-refractivity contribution is -0.120. The predicted octanol–water partition coefficient (Wildman–Crippen LogP) is 2.30. The van der Waals surface area contributed by atoms with E-state index in [-0.39, 0.29) is 11.2 Å². The molecule has 1 aromatic carbocycles. The van der Waals surface area contributed by atoms with Crippen molar-refractivity contribution in [2.75, 3.05) is 0 Å². The average Bonchev–Trinajstić information content (AvgIpc) is 2.90. The first-order valence-corrected chi connectivity index (χ1v) is 7.02. The van der Waals surface area contributed by atoms with Crippen molar-refractivity contribution in [3.63, 3.8) is 0 Å². The van der Waals surface area contributed by atoms with Crippen LogP contribution in [-0.4, -0.2) is 16.1 Å². The van der Waals surface area contributed by atoms with Gasteiger partial charge in [-0.2, -0.15) is 12.6 Å². The first-order valence-electron chi connectivity index (χ1n) is 5.63. The van der Waals surface area contributed by atoms with E-state index in [0.717, 1.165) is 10.4 Å². The number of hydrogen-bond donors (Lipinski definition) is 2. The second kappa shape index (κ2) is 6.56. The molecular formula is C13H14N2OS2. The van der Waals surface area contributed by atoms with Crippen molar-refractivity contribution in [3.05, 3.63) is 52.5 Å². The quantitative estimate of drug-likeness (QED) is 0.824. The summed E-state index contributed by atoms with van der Waals surface area (Å²) in [7, 11) is 0. The number of rotatable bonds is 5. The van der Waals surface area contributed by atoms with E-state index in [1.165, 1.54) is 11.3 Å². The van der Waals surface area contributed by atoms with Crippen molar-refractivity contribution in [1.82, 2.24) is 10.3 Å². The van der Waals surface area contributed by atoms with Crippen LogP contribution in [0, 0.1) is 0 Å². The van der Waals surface area contributed by atoms with E-state index < -0.39 is 0 Å². The Bertz CT molecular complexity index is 485. The smallest absolute Gasteiger partial charge is 0.233 e. The van der Waals surface area contributed by atoms with E-state index in [4.69, 9.17) is 0 Å². The summed E-state index contributed by atoms with van der Waals surface area (Å²) in [6.07, 6.45) is 2.40. The number of thiol groups is 1. The molecule has 0 bridgehead atoms. The third kappa shape index (κ3) is 3.85. The monoisotopic (exact) mass is 278 g/mol. The van der Waals surface area contributed by atoms with Crippen molar-refractivity contribution >= 4 is 29.9 Å². The lowest BCUT2D eigenvalue weighted by Gasteiger charge is -2.10. The van der Waals surface area contributed by atoms with Gasteiger partial charge in [0.05, 0.1) is 17.3 Å². The van der Waals surface area contributed by atoms with Gasteiger partial charge in [-0.1, -0.05) is 30.3 Å². The van der Waals surface area contributed by atoms with Crippen LogP contribution in [0.5, 0.6) is 0 Å². The van der Waals surface area contributed by atoms with E-state index >= 15 is 0 Å². The fourth-order valence-electron chi connectivity index (χ4n) is 1.55. The number of nitrogens with one attached hydrogen (secondary N) is 1. The van der Waals surface area contributed by atoms with Crippen LogP contribution < -0.4 is 5.32 Å². The molecule has 1 atom stereocenters. The molecule has 5 heteroatoms. The standard InChI is InChI=1S/C13H14N2OS2/c16-13(15-8-11-7-14-9-18-11)12(17)6-10-4-2-1-3-5-10/h1-5,7,9,12,17H,6,8H2,(H,15,16). The lowest BCUT2D eigenvalue weighted by Crippen LogP contribution is -2.32. The minimum absolute atomic E-state index is 0.0458. The molecule has 0 saturated carbocycles. The molecule has 0 aliphatic rings. The minimum atomic E-state index is -0.319. The molecule has 2 aromatic rings. The van der Waals surface area contributed by atoms with Crippen LogP contribution in [0.25, 0.3) is 0 Å². The van der Waals surface area contributed by atoms with Gasteiger partial charge in [-0.15, -0.1) is 11.3 Å². The number of benzene rings is 1. The third-order valence-electron chi connectivity index (χ3n) is 2.49. The zero-order chi connectivity index (χ0) is 12.8. The van der Waals surface area contributed by atoms with Crippen LogP contribution in [0.3, 0.4) is 0 Å². The molecule has 0 aliphatic heterocycles. The molecule has 1 N–H and O–H groups in total. The summed E-state index contributed by atoms with van der Waals surface area (Å²) < 4.78 is 0. The molecule has 1 aromatic heterocycles. The predicted molar refractivity (Wildman–Crippen MR) is 76.9 cm³/mol. The summed E-state index contributed by atoms with van der Waals surface area (Å²) in [5.41, 5.74) is 2.87. The van der Waals surface area contributed by atoms with Crippen molar-refractivity contribution < 1.29 is 4.79 Å². The van der Waals surface area contributed by atoms with Crippen LogP contribution in [0.2, 0.25) is 0 Å². The number of thiazole rings is 1. The minimum Gasteiger partial charge on any atom is -0.350 e. The number of aromatic nitrogens is 1.